The molecule has 2 aliphatic rings. The van der Waals surface area contributed by atoms with Crippen LogP contribution in [0.25, 0.3) is 0 Å². The molecule has 4 heteroatoms. The first-order valence-electron chi connectivity index (χ1n) is 7.94. The molecule has 1 aliphatic carbocycles. The number of nitrogens with zero attached hydrogens (tertiary/aromatic N) is 1. The third-order valence-corrected chi connectivity index (χ3v) is 5.56. The van der Waals surface area contributed by atoms with Crippen LogP contribution in [0.15, 0.2) is 30.3 Å². The van der Waals surface area contributed by atoms with Crippen LogP contribution in [0.2, 0.25) is 0 Å². The Morgan fingerprint density at radius 2 is 1.77 bits per heavy atom. The van der Waals surface area contributed by atoms with Crippen LogP contribution < -0.4 is 0 Å². The molecule has 1 spiro atoms. The average Bonchev–Trinajstić information content (AvgIpc) is 3.22. The summed E-state index contributed by atoms with van der Waals surface area (Å²) < 4.78 is 0. The number of likely N-dealkylation sites (tertiary alicyclic amines) is 1. The van der Waals surface area contributed by atoms with Gasteiger partial charge in [0.25, 0.3) is 0 Å². The monoisotopic (exact) mass is 301 g/mol. The van der Waals surface area contributed by atoms with Gasteiger partial charge in [0.15, 0.2) is 0 Å². The molecule has 0 aromatic heterocycles. The molecule has 2 fully saturated rings. The van der Waals surface area contributed by atoms with Gasteiger partial charge in [-0.25, -0.2) is 0 Å². The maximum atomic E-state index is 12.9. The minimum Gasteiger partial charge on any atom is -0.481 e. The van der Waals surface area contributed by atoms with E-state index < -0.39 is 11.4 Å². The van der Waals surface area contributed by atoms with Gasteiger partial charge in [-0.1, -0.05) is 30.3 Å². The van der Waals surface area contributed by atoms with Gasteiger partial charge in [0.1, 0.15) is 0 Å². The molecule has 1 heterocycles. The van der Waals surface area contributed by atoms with Gasteiger partial charge in [0.2, 0.25) is 5.91 Å². The summed E-state index contributed by atoms with van der Waals surface area (Å²) in [5.74, 6) is -0.725. The first-order chi connectivity index (χ1) is 10.4. The molecule has 1 amide bonds. The number of carbonyl (C=O) groups is 2. The Morgan fingerprint density at radius 3 is 2.27 bits per heavy atom. The maximum absolute atomic E-state index is 12.9. The zero-order valence-electron chi connectivity index (χ0n) is 13.2. The number of benzene rings is 1. The molecule has 0 radical (unpaired) electrons. The topological polar surface area (TPSA) is 57.6 Å². The molecule has 1 saturated heterocycles. The smallest absolute Gasteiger partial charge is 0.307 e. The van der Waals surface area contributed by atoms with Crippen molar-refractivity contribution in [3.63, 3.8) is 0 Å². The highest BCUT2D eigenvalue weighted by Crippen LogP contribution is 2.59. The van der Waals surface area contributed by atoms with Crippen molar-refractivity contribution in [1.29, 1.82) is 0 Å². The normalized spacial score (nSPS) is 23.4. The quantitative estimate of drug-likeness (QED) is 0.934. The van der Waals surface area contributed by atoms with Crippen LogP contribution in [0.1, 0.15) is 38.7 Å². The molecule has 1 aromatic carbocycles. The Hall–Kier alpha value is -1.84. The van der Waals surface area contributed by atoms with Crippen molar-refractivity contribution >= 4 is 11.9 Å². The molecule has 118 valence electrons. The Morgan fingerprint density at radius 1 is 1.18 bits per heavy atom. The molecule has 1 saturated carbocycles. The number of rotatable bonds is 3. The van der Waals surface area contributed by atoms with E-state index in [2.05, 4.69) is 0 Å². The fourth-order valence-corrected chi connectivity index (χ4v) is 3.78. The van der Waals surface area contributed by atoms with E-state index in [1.165, 1.54) is 0 Å². The van der Waals surface area contributed by atoms with Crippen molar-refractivity contribution in [2.45, 2.75) is 38.5 Å². The van der Waals surface area contributed by atoms with Gasteiger partial charge in [-0.3, -0.25) is 9.59 Å². The van der Waals surface area contributed by atoms with E-state index in [4.69, 9.17) is 5.11 Å². The minimum atomic E-state index is -0.676. The summed E-state index contributed by atoms with van der Waals surface area (Å²) in [6, 6.07) is 9.84. The van der Waals surface area contributed by atoms with Crippen LogP contribution in [0, 0.1) is 11.3 Å². The number of amides is 1. The Balaban J connectivity index is 1.67. The van der Waals surface area contributed by atoms with Crippen molar-refractivity contribution in [2.75, 3.05) is 13.1 Å². The number of carbonyl (C=O) groups excluding carboxylic acids is 1. The second-order valence-corrected chi connectivity index (χ2v) is 7.24. The number of carboxylic acids is 1. The molecule has 1 atom stereocenters. The van der Waals surface area contributed by atoms with E-state index in [1.807, 2.05) is 49.1 Å². The zero-order chi connectivity index (χ0) is 16.0. The van der Waals surface area contributed by atoms with E-state index in [9.17, 15) is 9.59 Å². The van der Waals surface area contributed by atoms with Crippen LogP contribution in [-0.2, 0) is 15.0 Å². The Bertz CT molecular complexity index is 586. The first-order valence-corrected chi connectivity index (χ1v) is 7.94. The first kappa shape index (κ1) is 15.1. The lowest BCUT2D eigenvalue weighted by atomic mass is 9.82. The molecule has 3 rings (SSSR count). The molecule has 22 heavy (non-hydrogen) atoms. The van der Waals surface area contributed by atoms with Crippen molar-refractivity contribution < 1.29 is 14.7 Å². The molecule has 1 unspecified atom stereocenters. The third-order valence-electron chi connectivity index (χ3n) is 5.56. The van der Waals surface area contributed by atoms with Crippen LogP contribution in [-0.4, -0.2) is 35.0 Å². The molecule has 4 nitrogen and oxygen atoms in total. The van der Waals surface area contributed by atoms with Crippen molar-refractivity contribution in [1.82, 2.24) is 4.90 Å². The lowest BCUT2D eigenvalue weighted by molar-refractivity contribution is -0.140. The van der Waals surface area contributed by atoms with Gasteiger partial charge >= 0.3 is 5.97 Å². The number of aliphatic carboxylic acids is 1. The van der Waals surface area contributed by atoms with Gasteiger partial charge in [0, 0.05) is 13.1 Å². The maximum Gasteiger partial charge on any atom is 0.307 e. The third kappa shape index (κ3) is 2.40. The van der Waals surface area contributed by atoms with Crippen molar-refractivity contribution in [3.8, 4) is 0 Å². The van der Waals surface area contributed by atoms with Gasteiger partial charge in [-0.2, -0.15) is 0 Å². The van der Waals surface area contributed by atoms with E-state index in [1.54, 1.807) is 0 Å². The largest absolute Gasteiger partial charge is 0.481 e. The molecule has 1 N–H and O–H groups in total. The van der Waals surface area contributed by atoms with Crippen LogP contribution in [0.5, 0.6) is 0 Å². The van der Waals surface area contributed by atoms with E-state index >= 15 is 0 Å². The number of hydrogen-bond acceptors (Lipinski definition) is 2. The van der Waals surface area contributed by atoms with E-state index in [-0.39, 0.29) is 17.2 Å². The molecule has 1 aliphatic heterocycles. The van der Waals surface area contributed by atoms with Gasteiger partial charge in [0.05, 0.1) is 11.3 Å². The second kappa shape index (κ2) is 5.11. The van der Waals surface area contributed by atoms with Gasteiger partial charge in [-0.15, -0.1) is 0 Å². The van der Waals surface area contributed by atoms with Crippen LogP contribution >= 0.6 is 0 Å². The SMILES string of the molecule is CC(C)(C(=O)N1CCC2(CC1)CC2C(=O)O)c1ccccc1. The molecule has 0 bridgehead atoms. The Labute approximate surface area is 131 Å². The van der Waals surface area contributed by atoms with E-state index in [0.29, 0.717) is 13.1 Å². The highest BCUT2D eigenvalue weighted by Gasteiger charge is 2.59. The zero-order valence-corrected chi connectivity index (χ0v) is 13.2. The summed E-state index contributed by atoms with van der Waals surface area (Å²) in [6.07, 6.45) is 2.42. The summed E-state index contributed by atoms with van der Waals surface area (Å²) in [6.45, 7) is 5.29. The van der Waals surface area contributed by atoms with E-state index in [0.717, 1.165) is 24.8 Å². The van der Waals surface area contributed by atoms with Crippen LogP contribution in [0.4, 0.5) is 0 Å². The standard InChI is InChI=1S/C18H23NO3/c1-17(2,13-6-4-3-5-7-13)16(22)19-10-8-18(9-11-19)12-14(18)15(20)21/h3-7,14H,8-12H2,1-2H3,(H,20,21). The summed E-state index contributed by atoms with van der Waals surface area (Å²) in [5.41, 5.74) is 0.455. The molecule has 1 aromatic rings. The summed E-state index contributed by atoms with van der Waals surface area (Å²) >= 11 is 0. The summed E-state index contributed by atoms with van der Waals surface area (Å²) in [4.78, 5) is 25.9. The predicted octanol–water partition coefficient (Wildman–Crippen LogP) is 2.68. The van der Waals surface area contributed by atoms with Crippen molar-refractivity contribution in [3.05, 3.63) is 35.9 Å². The lowest BCUT2D eigenvalue weighted by Gasteiger charge is -2.37. The lowest BCUT2D eigenvalue weighted by Crippen LogP contribution is -2.47. The molecular formula is C18H23NO3. The minimum absolute atomic E-state index is 0.0283. The fourth-order valence-electron chi connectivity index (χ4n) is 3.78. The van der Waals surface area contributed by atoms with Crippen LogP contribution in [0.3, 0.4) is 0 Å². The summed E-state index contributed by atoms with van der Waals surface area (Å²) in [5, 5.41) is 9.14. The predicted molar refractivity (Wildman–Crippen MR) is 83.5 cm³/mol. The van der Waals surface area contributed by atoms with Gasteiger partial charge < -0.3 is 10.0 Å². The number of hydrogen-bond donors (Lipinski definition) is 1. The highest BCUT2D eigenvalue weighted by molar-refractivity contribution is 5.87. The number of piperidine rings is 1. The molecular weight excluding hydrogens is 278 g/mol. The highest BCUT2D eigenvalue weighted by atomic mass is 16.4. The Kier molecular flexibility index (Phi) is 3.50. The number of carboxylic acid groups (broad SMARTS) is 1. The van der Waals surface area contributed by atoms with Gasteiger partial charge in [-0.05, 0) is 44.1 Å². The van der Waals surface area contributed by atoms with Crippen molar-refractivity contribution in [2.24, 2.45) is 11.3 Å². The summed E-state index contributed by atoms with van der Waals surface area (Å²) in [7, 11) is 0. The fraction of sp³-hybridized carbons (Fsp3) is 0.556. The average molecular weight is 301 g/mol. The second-order valence-electron chi connectivity index (χ2n) is 7.24.